The van der Waals surface area contributed by atoms with Crippen molar-refractivity contribution in [3.8, 4) is 0 Å². The van der Waals surface area contributed by atoms with E-state index < -0.39 is 0 Å². The van der Waals surface area contributed by atoms with Crippen molar-refractivity contribution >= 4 is 5.97 Å². The molecule has 0 aromatic rings. The van der Waals surface area contributed by atoms with Crippen molar-refractivity contribution in [3.63, 3.8) is 0 Å². The molecular weight excluding hydrogens is 260 g/mol. The van der Waals surface area contributed by atoms with Crippen LogP contribution in [0.15, 0.2) is 12.2 Å². The number of hydrogen-bond acceptors (Lipinski definition) is 2. The van der Waals surface area contributed by atoms with Gasteiger partial charge in [0.25, 0.3) is 0 Å². The minimum Gasteiger partial charge on any atom is -0.466 e. The quantitative estimate of drug-likeness (QED) is 0.328. The van der Waals surface area contributed by atoms with Crippen LogP contribution in [0, 0.1) is 40.9 Å². The third kappa shape index (κ3) is 2.01. The highest BCUT2D eigenvalue weighted by atomic mass is 16.5. The summed E-state index contributed by atoms with van der Waals surface area (Å²) in [4.78, 5) is 12.2. The van der Waals surface area contributed by atoms with E-state index in [1.54, 1.807) is 0 Å². The first-order chi connectivity index (χ1) is 10.1. The number of hydrogen-bond donors (Lipinski definition) is 0. The fourth-order valence-electron chi connectivity index (χ4n) is 6.40. The zero-order chi connectivity index (χ0) is 14.6. The number of unbranched alkanes of at least 4 members (excludes halogenated alkanes) is 1. The summed E-state index contributed by atoms with van der Waals surface area (Å²) >= 11 is 0. The van der Waals surface area contributed by atoms with Crippen LogP contribution in [-0.2, 0) is 9.53 Å². The van der Waals surface area contributed by atoms with E-state index in [4.69, 9.17) is 4.74 Å². The average molecular weight is 288 g/mol. The molecule has 4 aliphatic carbocycles. The summed E-state index contributed by atoms with van der Waals surface area (Å²) in [5.74, 6) is 5.23. The number of carbonyl (C=O) groups is 1. The van der Waals surface area contributed by atoms with Crippen LogP contribution in [0.25, 0.3) is 0 Å². The monoisotopic (exact) mass is 288 g/mol. The lowest BCUT2D eigenvalue weighted by molar-refractivity contribution is -0.148. The fraction of sp³-hybridized carbons (Fsp3) is 0.842. The number of carbonyl (C=O) groups excluding carboxylic acids is 1. The zero-order valence-electron chi connectivity index (χ0n) is 13.4. The maximum atomic E-state index is 12.2. The van der Waals surface area contributed by atoms with Gasteiger partial charge in [-0.3, -0.25) is 4.79 Å². The van der Waals surface area contributed by atoms with Gasteiger partial charge < -0.3 is 4.74 Å². The van der Waals surface area contributed by atoms with E-state index in [1.165, 1.54) is 19.3 Å². The van der Waals surface area contributed by atoms with Gasteiger partial charge >= 0.3 is 5.97 Å². The molecule has 4 rings (SSSR count). The molecular formula is C19H28O2. The Balaban J connectivity index is 1.43. The van der Waals surface area contributed by atoms with Crippen molar-refractivity contribution in [2.75, 3.05) is 6.61 Å². The smallest absolute Gasteiger partial charge is 0.306 e. The Bertz CT molecular complexity index is 468. The first kappa shape index (κ1) is 13.8. The van der Waals surface area contributed by atoms with Gasteiger partial charge in [0.2, 0.25) is 0 Å². The average Bonchev–Trinajstić information content (AvgIpc) is 3.15. The second-order valence-electron chi connectivity index (χ2n) is 8.31. The number of allylic oxidation sites excluding steroid dienone is 2. The largest absolute Gasteiger partial charge is 0.466 e. The van der Waals surface area contributed by atoms with Crippen molar-refractivity contribution in [3.05, 3.63) is 12.2 Å². The second-order valence-corrected chi connectivity index (χ2v) is 8.31. The van der Waals surface area contributed by atoms with Crippen molar-refractivity contribution in [1.82, 2.24) is 0 Å². The predicted molar refractivity (Wildman–Crippen MR) is 82.5 cm³/mol. The van der Waals surface area contributed by atoms with Crippen molar-refractivity contribution in [2.24, 2.45) is 40.9 Å². The number of fused-ring (bicyclic) bond motifs is 9. The summed E-state index contributed by atoms with van der Waals surface area (Å²) in [5.41, 5.74) is 0.216. The standard InChI is InChI=1S/C19H28O2/c1-3-4-7-21-16(20)11-19(2)10-14-9-15(19)18-13-6-5-12(8-13)17(14)18/h5-6,12-15,17-18H,3-4,7-11H2,1-2H3. The SMILES string of the molecule is CCCCOC(=O)CC1(C)CC2CC1C1C3C=CC(C3)C21. The van der Waals surface area contributed by atoms with E-state index in [1.807, 2.05) is 0 Å². The van der Waals surface area contributed by atoms with Crippen LogP contribution in [-0.4, -0.2) is 12.6 Å². The Morgan fingerprint density at radius 3 is 2.76 bits per heavy atom. The Kier molecular flexibility index (Phi) is 3.20. The van der Waals surface area contributed by atoms with Gasteiger partial charge in [0, 0.05) is 0 Å². The normalized spacial score (nSPS) is 48.9. The third-order valence-electron chi connectivity index (χ3n) is 7.08. The van der Waals surface area contributed by atoms with Gasteiger partial charge in [0.1, 0.15) is 0 Å². The highest BCUT2D eigenvalue weighted by Crippen LogP contribution is 2.71. The summed E-state index contributed by atoms with van der Waals surface area (Å²) in [6.45, 7) is 5.11. The molecule has 0 aliphatic heterocycles. The van der Waals surface area contributed by atoms with Crippen molar-refractivity contribution < 1.29 is 9.53 Å². The molecule has 0 radical (unpaired) electrons. The van der Waals surface area contributed by atoms with E-state index in [9.17, 15) is 4.79 Å². The molecule has 0 amide bonds. The molecule has 4 aliphatic rings. The Morgan fingerprint density at radius 1 is 1.24 bits per heavy atom. The Hall–Kier alpha value is -0.790. The molecule has 0 heterocycles. The number of ether oxygens (including phenoxy) is 1. The summed E-state index contributed by atoms with van der Waals surface area (Å²) in [6.07, 6.45) is 11.8. The van der Waals surface area contributed by atoms with Gasteiger partial charge in [-0.05, 0) is 66.6 Å². The Labute approximate surface area is 128 Å². The van der Waals surface area contributed by atoms with Crippen LogP contribution in [0.1, 0.15) is 52.4 Å². The molecule has 0 aromatic carbocycles. The molecule has 7 atom stereocenters. The first-order valence-corrected chi connectivity index (χ1v) is 8.96. The van der Waals surface area contributed by atoms with Gasteiger partial charge in [0.05, 0.1) is 13.0 Å². The van der Waals surface area contributed by atoms with E-state index in [0.29, 0.717) is 13.0 Å². The second kappa shape index (κ2) is 4.86. The minimum atomic E-state index is 0.0498. The summed E-state index contributed by atoms with van der Waals surface area (Å²) in [5, 5.41) is 0. The molecule has 21 heavy (non-hydrogen) atoms. The molecule has 4 bridgehead atoms. The molecule has 0 saturated heterocycles. The third-order valence-corrected chi connectivity index (χ3v) is 7.08. The highest BCUT2D eigenvalue weighted by Gasteiger charge is 2.64. The minimum absolute atomic E-state index is 0.0498. The molecule has 3 fully saturated rings. The van der Waals surface area contributed by atoms with Gasteiger partial charge in [-0.1, -0.05) is 32.4 Å². The molecule has 7 unspecified atom stereocenters. The van der Waals surface area contributed by atoms with Gasteiger partial charge in [0.15, 0.2) is 0 Å². The zero-order valence-corrected chi connectivity index (χ0v) is 13.4. The van der Waals surface area contributed by atoms with Crippen LogP contribution in [0.3, 0.4) is 0 Å². The molecule has 2 heteroatoms. The molecule has 3 saturated carbocycles. The van der Waals surface area contributed by atoms with Crippen LogP contribution >= 0.6 is 0 Å². The first-order valence-electron chi connectivity index (χ1n) is 8.96. The molecule has 2 nitrogen and oxygen atoms in total. The number of rotatable bonds is 5. The van der Waals surface area contributed by atoms with Gasteiger partial charge in [-0.25, -0.2) is 0 Å². The lowest BCUT2D eigenvalue weighted by Crippen LogP contribution is -2.38. The maximum Gasteiger partial charge on any atom is 0.306 e. The molecule has 0 aromatic heterocycles. The summed E-state index contributed by atoms with van der Waals surface area (Å²) in [6, 6.07) is 0. The van der Waals surface area contributed by atoms with Crippen LogP contribution in [0.4, 0.5) is 0 Å². The summed E-state index contributed by atoms with van der Waals surface area (Å²) in [7, 11) is 0. The molecule has 116 valence electrons. The lowest BCUT2D eigenvalue weighted by atomic mass is 9.62. The Morgan fingerprint density at radius 2 is 2.00 bits per heavy atom. The van der Waals surface area contributed by atoms with E-state index in [-0.39, 0.29) is 11.4 Å². The van der Waals surface area contributed by atoms with Gasteiger partial charge in [-0.15, -0.1) is 0 Å². The van der Waals surface area contributed by atoms with E-state index in [0.717, 1.165) is 48.3 Å². The molecule has 0 spiro atoms. The van der Waals surface area contributed by atoms with Crippen molar-refractivity contribution in [1.29, 1.82) is 0 Å². The lowest BCUT2D eigenvalue weighted by Gasteiger charge is -2.43. The maximum absolute atomic E-state index is 12.2. The molecule has 0 N–H and O–H groups in total. The van der Waals surface area contributed by atoms with Crippen LogP contribution < -0.4 is 0 Å². The summed E-state index contributed by atoms with van der Waals surface area (Å²) < 4.78 is 5.44. The van der Waals surface area contributed by atoms with Crippen LogP contribution in [0.2, 0.25) is 0 Å². The van der Waals surface area contributed by atoms with E-state index in [2.05, 4.69) is 26.0 Å². The highest BCUT2D eigenvalue weighted by molar-refractivity contribution is 5.70. The van der Waals surface area contributed by atoms with Crippen LogP contribution in [0.5, 0.6) is 0 Å². The topological polar surface area (TPSA) is 26.3 Å². The van der Waals surface area contributed by atoms with Crippen molar-refractivity contribution in [2.45, 2.75) is 52.4 Å². The predicted octanol–water partition coefficient (Wildman–Crippen LogP) is 4.20. The number of esters is 1. The fourth-order valence-corrected chi connectivity index (χ4v) is 6.40. The van der Waals surface area contributed by atoms with Gasteiger partial charge in [-0.2, -0.15) is 0 Å². The van der Waals surface area contributed by atoms with E-state index >= 15 is 0 Å².